The zero-order valence-electron chi connectivity index (χ0n) is 14.0. The number of carbonyl (C=O) groups excluding carboxylic acids is 1. The maximum absolute atomic E-state index is 12.5. The van der Waals surface area contributed by atoms with Crippen LogP contribution in [0.2, 0.25) is 0 Å². The monoisotopic (exact) mass is 339 g/mol. The van der Waals surface area contributed by atoms with Gasteiger partial charge < -0.3 is 21.5 Å². The van der Waals surface area contributed by atoms with Crippen LogP contribution in [0, 0.1) is 0 Å². The molecule has 0 atom stereocenters. The van der Waals surface area contributed by atoms with Crippen molar-refractivity contribution in [3.8, 4) is 5.75 Å². The average Bonchev–Trinajstić information content (AvgIpc) is 2.93. The first kappa shape index (κ1) is 16.6. The lowest BCUT2D eigenvalue weighted by Crippen LogP contribution is -2.20. The van der Waals surface area contributed by atoms with Gasteiger partial charge in [-0.25, -0.2) is 4.79 Å². The molecule has 2 aromatic carbocycles. The molecule has 0 aliphatic heterocycles. The van der Waals surface area contributed by atoms with Crippen LogP contribution in [-0.4, -0.2) is 22.4 Å². The van der Waals surface area contributed by atoms with Gasteiger partial charge in [-0.05, 0) is 48.9 Å². The number of hydrogen-bond donors (Lipinski definition) is 3. The molecule has 1 heterocycles. The Morgan fingerprint density at radius 2 is 1.96 bits per heavy atom. The Morgan fingerprint density at radius 3 is 2.68 bits per heavy atom. The second-order valence-corrected chi connectivity index (χ2v) is 5.73. The minimum atomic E-state index is -0.397. The largest absolute Gasteiger partial charge is 0.494 e. The van der Waals surface area contributed by atoms with Crippen molar-refractivity contribution in [1.82, 2.24) is 9.78 Å². The maximum atomic E-state index is 12.5. The van der Waals surface area contributed by atoms with Gasteiger partial charge in [-0.1, -0.05) is 13.3 Å². The summed E-state index contributed by atoms with van der Waals surface area (Å²) in [5.41, 5.74) is 13.4. The summed E-state index contributed by atoms with van der Waals surface area (Å²) in [5, 5.41) is 7.54. The lowest BCUT2D eigenvalue weighted by Gasteiger charge is -2.08. The molecule has 7 nitrogen and oxygen atoms in total. The van der Waals surface area contributed by atoms with Crippen molar-refractivity contribution in [2.75, 3.05) is 23.4 Å². The second kappa shape index (κ2) is 7.12. The van der Waals surface area contributed by atoms with E-state index >= 15 is 0 Å². The van der Waals surface area contributed by atoms with E-state index in [2.05, 4.69) is 17.3 Å². The van der Waals surface area contributed by atoms with Gasteiger partial charge in [-0.3, -0.25) is 0 Å². The van der Waals surface area contributed by atoms with Crippen LogP contribution < -0.4 is 21.5 Å². The number of aromatic nitrogens is 2. The molecule has 0 spiro atoms. The number of anilines is 3. The summed E-state index contributed by atoms with van der Waals surface area (Å²) >= 11 is 0. The fourth-order valence-corrected chi connectivity index (χ4v) is 2.46. The van der Waals surface area contributed by atoms with Gasteiger partial charge in [0.15, 0.2) is 5.82 Å². The lowest BCUT2D eigenvalue weighted by molar-refractivity contribution is 0.252. The molecule has 0 unspecified atom stereocenters. The van der Waals surface area contributed by atoms with E-state index in [4.69, 9.17) is 16.2 Å². The molecule has 0 saturated carbocycles. The second-order valence-electron chi connectivity index (χ2n) is 5.73. The van der Waals surface area contributed by atoms with E-state index in [-0.39, 0.29) is 5.82 Å². The Kier molecular flexibility index (Phi) is 4.74. The molecule has 0 aliphatic rings. The van der Waals surface area contributed by atoms with Gasteiger partial charge >= 0.3 is 6.03 Å². The Labute approximate surface area is 145 Å². The molecular weight excluding hydrogens is 318 g/mol. The van der Waals surface area contributed by atoms with E-state index in [1.165, 1.54) is 4.68 Å². The standard InChI is InChI=1S/C18H21N5O2/c1-2-3-10-25-14-7-5-13(6-8-14)21-18(24)23-16-9-4-12(19)11-15(16)17(20)22-23/h4-9,11H,2-3,10,19H2,1H3,(H2,20,22)(H,21,24). The third kappa shape index (κ3) is 3.65. The van der Waals surface area contributed by atoms with E-state index in [9.17, 15) is 4.79 Å². The van der Waals surface area contributed by atoms with Crippen LogP contribution in [0.1, 0.15) is 19.8 Å². The number of nitrogens with one attached hydrogen (secondary N) is 1. The maximum Gasteiger partial charge on any atom is 0.347 e. The van der Waals surface area contributed by atoms with E-state index in [1.807, 2.05) is 12.1 Å². The van der Waals surface area contributed by atoms with Gasteiger partial charge in [0.25, 0.3) is 0 Å². The fraction of sp³-hybridized carbons (Fsp3) is 0.222. The highest BCUT2D eigenvalue weighted by molar-refractivity contribution is 6.01. The van der Waals surface area contributed by atoms with Gasteiger partial charge in [0.2, 0.25) is 0 Å². The van der Waals surface area contributed by atoms with Crippen molar-refractivity contribution in [1.29, 1.82) is 0 Å². The highest BCUT2D eigenvalue weighted by atomic mass is 16.5. The molecule has 0 saturated heterocycles. The van der Waals surface area contributed by atoms with Crippen LogP contribution in [0.5, 0.6) is 5.75 Å². The normalized spacial score (nSPS) is 10.8. The summed E-state index contributed by atoms with van der Waals surface area (Å²) in [6.07, 6.45) is 2.09. The minimum Gasteiger partial charge on any atom is -0.494 e. The van der Waals surface area contributed by atoms with Crippen molar-refractivity contribution in [2.24, 2.45) is 0 Å². The molecule has 0 radical (unpaired) electrons. The quantitative estimate of drug-likeness (QED) is 0.487. The first-order valence-corrected chi connectivity index (χ1v) is 8.16. The van der Waals surface area contributed by atoms with Crippen molar-refractivity contribution < 1.29 is 9.53 Å². The van der Waals surface area contributed by atoms with Crippen LogP contribution in [0.15, 0.2) is 42.5 Å². The average molecular weight is 339 g/mol. The first-order chi connectivity index (χ1) is 12.1. The number of amides is 1. The van der Waals surface area contributed by atoms with Crippen LogP contribution in [0.4, 0.5) is 22.0 Å². The summed E-state index contributed by atoms with van der Waals surface area (Å²) in [5.74, 6) is 1.04. The summed E-state index contributed by atoms with van der Waals surface area (Å²) in [6.45, 7) is 2.80. The predicted molar refractivity (Wildman–Crippen MR) is 99.8 cm³/mol. The van der Waals surface area contributed by atoms with Gasteiger partial charge in [0.05, 0.1) is 12.1 Å². The molecule has 0 bridgehead atoms. The molecule has 0 fully saturated rings. The Bertz CT molecular complexity index is 886. The molecule has 1 aromatic heterocycles. The number of unbranched alkanes of at least 4 members (excludes halogenated alkanes) is 1. The summed E-state index contributed by atoms with van der Waals surface area (Å²) in [6, 6.07) is 11.9. The van der Waals surface area contributed by atoms with Crippen LogP contribution >= 0.6 is 0 Å². The zero-order valence-corrected chi connectivity index (χ0v) is 14.0. The Hall–Kier alpha value is -3.22. The van der Waals surface area contributed by atoms with E-state index in [0.29, 0.717) is 28.9 Å². The third-order valence-electron chi connectivity index (χ3n) is 3.80. The lowest BCUT2D eigenvalue weighted by atomic mass is 10.2. The van der Waals surface area contributed by atoms with Gasteiger partial charge in [-0.2, -0.15) is 4.68 Å². The number of fused-ring (bicyclic) bond motifs is 1. The summed E-state index contributed by atoms with van der Waals surface area (Å²) in [7, 11) is 0. The molecule has 7 heteroatoms. The summed E-state index contributed by atoms with van der Waals surface area (Å²) in [4.78, 5) is 12.5. The topological polar surface area (TPSA) is 108 Å². The Balaban J connectivity index is 1.74. The predicted octanol–water partition coefficient (Wildman–Crippen LogP) is 3.46. The number of hydrogen-bond acceptors (Lipinski definition) is 5. The van der Waals surface area contributed by atoms with Crippen LogP contribution in [0.25, 0.3) is 10.9 Å². The molecule has 5 N–H and O–H groups in total. The number of ether oxygens (including phenoxy) is 1. The van der Waals surface area contributed by atoms with Crippen molar-refractivity contribution in [2.45, 2.75) is 19.8 Å². The number of benzene rings is 2. The molecule has 130 valence electrons. The molecule has 3 aromatic rings. The first-order valence-electron chi connectivity index (χ1n) is 8.16. The van der Waals surface area contributed by atoms with Crippen molar-refractivity contribution >= 4 is 34.1 Å². The van der Waals surface area contributed by atoms with Crippen molar-refractivity contribution in [3.05, 3.63) is 42.5 Å². The number of nitrogens with two attached hydrogens (primary N) is 2. The van der Waals surface area contributed by atoms with Crippen LogP contribution in [0.3, 0.4) is 0 Å². The van der Waals surface area contributed by atoms with E-state index in [1.54, 1.807) is 30.3 Å². The highest BCUT2D eigenvalue weighted by Crippen LogP contribution is 2.23. The molecule has 1 amide bonds. The van der Waals surface area contributed by atoms with E-state index < -0.39 is 6.03 Å². The zero-order chi connectivity index (χ0) is 17.8. The highest BCUT2D eigenvalue weighted by Gasteiger charge is 2.14. The number of carbonyl (C=O) groups is 1. The van der Waals surface area contributed by atoms with Gasteiger partial charge in [-0.15, -0.1) is 5.10 Å². The van der Waals surface area contributed by atoms with Gasteiger partial charge in [0, 0.05) is 16.8 Å². The summed E-state index contributed by atoms with van der Waals surface area (Å²) < 4.78 is 6.84. The number of rotatable bonds is 5. The molecule has 3 rings (SSSR count). The molecular formula is C18H21N5O2. The fourth-order valence-electron chi connectivity index (χ4n) is 2.46. The third-order valence-corrected chi connectivity index (χ3v) is 3.80. The van der Waals surface area contributed by atoms with E-state index in [0.717, 1.165) is 18.6 Å². The minimum absolute atomic E-state index is 0.261. The number of nitrogens with zero attached hydrogens (tertiary/aromatic N) is 2. The number of nitrogen functional groups attached to an aromatic ring is 2. The van der Waals surface area contributed by atoms with Gasteiger partial charge in [0.1, 0.15) is 5.75 Å². The van der Waals surface area contributed by atoms with Crippen molar-refractivity contribution in [3.63, 3.8) is 0 Å². The SMILES string of the molecule is CCCCOc1ccc(NC(=O)n2nc(N)c3cc(N)ccc32)cc1. The molecule has 25 heavy (non-hydrogen) atoms. The Morgan fingerprint density at radius 1 is 1.20 bits per heavy atom. The molecule has 0 aliphatic carbocycles. The smallest absolute Gasteiger partial charge is 0.347 e. The van der Waals surface area contributed by atoms with Crippen LogP contribution in [-0.2, 0) is 0 Å².